The molecule has 0 aromatic carbocycles. The second-order valence-corrected chi connectivity index (χ2v) is 9.25. The molecule has 0 fully saturated rings. The van der Waals surface area contributed by atoms with E-state index in [1.165, 1.54) is 0 Å². The number of carbonyl (C=O) groups excluding carboxylic acids is 1. The average Bonchev–Trinajstić information content (AvgIpc) is 2.85. The molecule has 0 aliphatic heterocycles. The summed E-state index contributed by atoms with van der Waals surface area (Å²) >= 11 is 5.92. The number of amides is 1. The van der Waals surface area contributed by atoms with Crippen LogP contribution in [0.1, 0.15) is 52.1 Å². The topological polar surface area (TPSA) is 90.7 Å². The van der Waals surface area contributed by atoms with Gasteiger partial charge in [0.15, 0.2) is 0 Å². The molecule has 2 N–H and O–H groups in total. The largest absolute Gasteiger partial charge is 0.374 e. The molecule has 1 aromatic heterocycles. The van der Waals surface area contributed by atoms with E-state index in [-0.39, 0.29) is 18.4 Å². The monoisotopic (exact) mass is 519 g/mol. The number of carbonyl (C=O) groups is 1. The number of nitrogens with zero attached hydrogens (tertiary/aromatic N) is 4. The van der Waals surface area contributed by atoms with Gasteiger partial charge in [-0.3, -0.25) is 24.1 Å². The Labute approximate surface area is 219 Å². The van der Waals surface area contributed by atoms with Gasteiger partial charge >= 0.3 is 0 Å². The summed E-state index contributed by atoms with van der Waals surface area (Å²) < 4.78 is 12.7. The molecule has 9 heteroatoms. The van der Waals surface area contributed by atoms with Gasteiger partial charge in [-0.15, -0.1) is 0 Å². The Bertz CT molecular complexity index is 927. The number of amidine groups is 1. The summed E-state index contributed by atoms with van der Waals surface area (Å²) in [7, 11) is 0. The fourth-order valence-corrected chi connectivity index (χ4v) is 3.45. The van der Waals surface area contributed by atoms with Crippen molar-refractivity contribution in [2.45, 2.75) is 59.2 Å². The van der Waals surface area contributed by atoms with Crippen LogP contribution in [0.2, 0.25) is 0 Å². The zero-order valence-electron chi connectivity index (χ0n) is 21.6. The van der Waals surface area contributed by atoms with Crippen molar-refractivity contribution in [1.82, 2.24) is 20.2 Å². The molecule has 1 aromatic rings. The van der Waals surface area contributed by atoms with Crippen LogP contribution in [0, 0.1) is 5.92 Å². The third-order valence-electron chi connectivity index (χ3n) is 5.27. The van der Waals surface area contributed by atoms with E-state index in [0.29, 0.717) is 60.9 Å². The molecule has 0 radical (unpaired) electrons. The summed E-state index contributed by atoms with van der Waals surface area (Å²) in [5, 5.41) is 14.0. The van der Waals surface area contributed by atoms with Crippen LogP contribution in [0.3, 0.4) is 0 Å². The molecular weight excluding hydrogens is 481 g/mol. The Morgan fingerprint density at radius 3 is 2.67 bits per heavy atom. The van der Waals surface area contributed by atoms with Crippen molar-refractivity contribution in [3.63, 3.8) is 0 Å². The zero-order chi connectivity index (χ0) is 26.9. The molecule has 36 heavy (non-hydrogen) atoms. The maximum atomic E-state index is 12.7. The van der Waals surface area contributed by atoms with Crippen molar-refractivity contribution in [3.05, 3.63) is 71.8 Å². The van der Waals surface area contributed by atoms with E-state index in [1.807, 2.05) is 13.0 Å². The highest BCUT2D eigenvalue weighted by atomic mass is 35.5. The summed E-state index contributed by atoms with van der Waals surface area (Å²) in [6, 6.07) is 0. The van der Waals surface area contributed by atoms with Gasteiger partial charge in [-0.05, 0) is 50.7 Å². The first-order valence-corrected chi connectivity index (χ1v) is 12.5. The quantitative estimate of drug-likeness (QED) is 0.0791. The summed E-state index contributed by atoms with van der Waals surface area (Å²) in [4.78, 5) is 27.1. The number of nitrogens with one attached hydrogen (secondary N) is 1. The summed E-state index contributed by atoms with van der Waals surface area (Å²) in [5.74, 6) is 0.427. The minimum absolute atomic E-state index is 0.00279. The Kier molecular flexibility index (Phi) is 15.2. The summed E-state index contributed by atoms with van der Waals surface area (Å²) in [6.45, 7) is 13.9. The molecule has 1 rings (SSSR count). The van der Waals surface area contributed by atoms with E-state index in [2.05, 4.69) is 28.4 Å². The molecule has 0 spiro atoms. The molecule has 0 aliphatic rings. The first kappa shape index (κ1) is 31.2. The lowest BCUT2D eigenvalue weighted by Crippen LogP contribution is -2.42. The van der Waals surface area contributed by atoms with Crippen molar-refractivity contribution in [3.8, 4) is 0 Å². The van der Waals surface area contributed by atoms with E-state index in [9.17, 15) is 14.3 Å². The number of allylic oxidation sites excluding steroid dienone is 3. The standard InChI is InChI=1S/C27H39ClFN5O2/c1-6-24(11-10-22(4)28)16-32-26(9-7-8-12-29)34(23(5)35)19-20(2)15-21(3)27(36)33-18-25-17-30-13-14-31-25/h6,10-11,13-14,17,20,23,35H,1,3,7-9,12,15-16,18-19H2,2,4-5H3,(H,33,36)/b22-10+,24-11+,32-26?/t20?,23-/m0/s1. The van der Waals surface area contributed by atoms with Gasteiger partial charge in [-0.25, -0.2) is 0 Å². The third kappa shape index (κ3) is 12.7. The Morgan fingerprint density at radius 2 is 2.08 bits per heavy atom. The highest BCUT2D eigenvalue weighted by molar-refractivity contribution is 6.29. The molecular formula is C27H39ClFN5O2. The highest BCUT2D eigenvalue weighted by Crippen LogP contribution is 2.16. The number of aliphatic hydroxyl groups is 1. The van der Waals surface area contributed by atoms with Crippen LogP contribution in [-0.2, 0) is 11.3 Å². The summed E-state index contributed by atoms with van der Waals surface area (Å²) in [5.41, 5.74) is 1.96. The molecule has 0 saturated heterocycles. The van der Waals surface area contributed by atoms with Crippen molar-refractivity contribution in [2.24, 2.45) is 10.9 Å². The molecule has 1 unspecified atom stereocenters. The maximum Gasteiger partial charge on any atom is 0.246 e. The highest BCUT2D eigenvalue weighted by Gasteiger charge is 2.21. The molecule has 0 aliphatic carbocycles. The lowest BCUT2D eigenvalue weighted by Gasteiger charge is -2.32. The minimum atomic E-state index is -0.809. The van der Waals surface area contributed by atoms with Crippen LogP contribution in [0.15, 0.2) is 71.1 Å². The van der Waals surface area contributed by atoms with Crippen LogP contribution in [0.25, 0.3) is 0 Å². The number of unbranched alkanes of at least 4 members (excludes halogenated alkanes) is 1. The maximum absolute atomic E-state index is 12.7. The average molecular weight is 520 g/mol. The van der Waals surface area contributed by atoms with Gasteiger partial charge < -0.3 is 15.3 Å². The number of alkyl halides is 1. The number of hydrogen-bond donors (Lipinski definition) is 2. The van der Waals surface area contributed by atoms with Crippen LogP contribution in [0.5, 0.6) is 0 Å². The smallest absolute Gasteiger partial charge is 0.246 e. The molecule has 1 heterocycles. The van der Waals surface area contributed by atoms with E-state index in [1.54, 1.807) is 49.5 Å². The molecule has 0 saturated carbocycles. The second-order valence-electron chi connectivity index (χ2n) is 8.65. The van der Waals surface area contributed by atoms with Crippen molar-refractivity contribution >= 4 is 23.3 Å². The van der Waals surface area contributed by atoms with Crippen LogP contribution < -0.4 is 5.32 Å². The first-order valence-electron chi connectivity index (χ1n) is 12.1. The van der Waals surface area contributed by atoms with Gasteiger partial charge in [0.05, 0.1) is 31.7 Å². The van der Waals surface area contributed by atoms with E-state index >= 15 is 0 Å². The van der Waals surface area contributed by atoms with Gasteiger partial charge in [-0.2, -0.15) is 0 Å². The third-order valence-corrected chi connectivity index (χ3v) is 5.40. The zero-order valence-corrected chi connectivity index (χ0v) is 22.3. The van der Waals surface area contributed by atoms with Gasteiger partial charge in [0.25, 0.3) is 0 Å². The Hall–Kier alpha value is -2.84. The normalized spacial score (nSPS) is 14.2. The first-order chi connectivity index (χ1) is 17.2. The molecule has 198 valence electrons. The van der Waals surface area contributed by atoms with Gasteiger partial charge in [0, 0.05) is 36.0 Å². The van der Waals surface area contributed by atoms with E-state index in [4.69, 9.17) is 16.6 Å². The van der Waals surface area contributed by atoms with Crippen LogP contribution in [-0.4, -0.2) is 57.7 Å². The predicted molar refractivity (Wildman–Crippen MR) is 145 cm³/mol. The lowest BCUT2D eigenvalue weighted by molar-refractivity contribution is -0.117. The lowest BCUT2D eigenvalue weighted by atomic mass is 10.0. The molecule has 1 amide bonds. The molecule has 7 nitrogen and oxygen atoms in total. The van der Waals surface area contributed by atoms with Crippen LogP contribution in [0.4, 0.5) is 4.39 Å². The Morgan fingerprint density at radius 1 is 1.33 bits per heavy atom. The number of aliphatic hydroxyl groups excluding tert-OH is 1. The number of rotatable bonds is 16. The molecule has 2 atom stereocenters. The predicted octanol–water partition coefficient (Wildman–Crippen LogP) is 5.11. The minimum Gasteiger partial charge on any atom is -0.374 e. The number of aromatic nitrogens is 2. The van der Waals surface area contributed by atoms with Gasteiger partial charge in [0.1, 0.15) is 12.1 Å². The Balaban J connectivity index is 2.88. The second kappa shape index (κ2) is 17.6. The van der Waals surface area contributed by atoms with Gasteiger partial charge in [0.2, 0.25) is 5.91 Å². The van der Waals surface area contributed by atoms with E-state index in [0.717, 1.165) is 5.57 Å². The summed E-state index contributed by atoms with van der Waals surface area (Å²) in [6.07, 6.45) is 11.2. The van der Waals surface area contributed by atoms with Gasteiger partial charge in [-0.1, -0.05) is 43.8 Å². The van der Waals surface area contributed by atoms with E-state index < -0.39 is 12.9 Å². The van der Waals surface area contributed by atoms with Crippen LogP contribution >= 0.6 is 11.6 Å². The fourth-order valence-electron chi connectivity index (χ4n) is 3.39. The van der Waals surface area contributed by atoms with Crippen molar-refractivity contribution in [1.29, 1.82) is 0 Å². The van der Waals surface area contributed by atoms with Crippen molar-refractivity contribution < 1.29 is 14.3 Å². The molecule has 0 bridgehead atoms. The number of halogens is 2. The number of aliphatic imine (C=N–C) groups is 1. The fraction of sp³-hybridized carbons (Fsp3) is 0.481. The number of hydrogen-bond acceptors (Lipinski definition) is 5. The van der Waals surface area contributed by atoms with Crippen molar-refractivity contribution in [2.75, 3.05) is 19.8 Å². The SMILES string of the molecule is C=C/C(=C\C=C(/C)Cl)CN=C(CCCCF)N(CC(C)CC(=C)C(=O)NCc1cnccn1)[C@H](C)O.